The van der Waals surface area contributed by atoms with Crippen LogP contribution in [0.1, 0.15) is 42.6 Å². The van der Waals surface area contributed by atoms with Crippen molar-refractivity contribution >= 4 is 5.91 Å². The van der Waals surface area contributed by atoms with Gasteiger partial charge < -0.3 is 10.6 Å². The zero-order valence-corrected chi connectivity index (χ0v) is 12.8. The first kappa shape index (κ1) is 15.5. The maximum atomic E-state index is 12.5. The van der Waals surface area contributed by atoms with E-state index in [4.69, 9.17) is 5.73 Å². The maximum Gasteiger partial charge on any atom is 0.255 e. The highest BCUT2D eigenvalue weighted by Gasteiger charge is 2.25. The maximum absolute atomic E-state index is 12.5. The summed E-state index contributed by atoms with van der Waals surface area (Å²) in [6.45, 7) is 6.49. The summed E-state index contributed by atoms with van der Waals surface area (Å²) in [6, 6.07) is 1.80. The van der Waals surface area contributed by atoms with Gasteiger partial charge in [-0.15, -0.1) is 0 Å². The van der Waals surface area contributed by atoms with Gasteiger partial charge in [0.2, 0.25) is 0 Å². The smallest absolute Gasteiger partial charge is 0.255 e. The average Bonchev–Trinajstić information content (AvgIpc) is 2.52. The Morgan fingerprint density at radius 1 is 1.43 bits per heavy atom. The molecule has 2 rings (SSSR count). The molecule has 1 saturated heterocycles. The van der Waals surface area contributed by atoms with Gasteiger partial charge in [0.15, 0.2) is 0 Å². The van der Waals surface area contributed by atoms with Gasteiger partial charge in [-0.1, -0.05) is 25.7 Å². The number of nitrogens with zero attached hydrogens (tertiary/aromatic N) is 2. The van der Waals surface area contributed by atoms with E-state index in [0.717, 1.165) is 37.4 Å². The number of hydrogen-bond acceptors (Lipinski definition) is 3. The van der Waals surface area contributed by atoms with Gasteiger partial charge in [0.1, 0.15) is 0 Å². The SMILES string of the molecule is CC(C)C1CCN(C(=O)c2cncc(C#CCN)c2)CC1. The zero-order valence-electron chi connectivity index (χ0n) is 12.8. The Morgan fingerprint density at radius 2 is 2.14 bits per heavy atom. The average molecular weight is 285 g/mol. The van der Waals surface area contributed by atoms with E-state index in [0.29, 0.717) is 18.0 Å². The fraction of sp³-hybridized carbons (Fsp3) is 0.529. The summed E-state index contributed by atoms with van der Waals surface area (Å²) in [5, 5.41) is 0. The molecule has 2 heterocycles. The molecule has 0 aromatic carbocycles. The van der Waals surface area contributed by atoms with Crippen molar-refractivity contribution < 1.29 is 4.79 Å². The van der Waals surface area contributed by atoms with Gasteiger partial charge in [0.25, 0.3) is 5.91 Å². The molecule has 0 saturated carbocycles. The number of rotatable bonds is 2. The van der Waals surface area contributed by atoms with Crippen LogP contribution in [0.25, 0.3) is 0 Å². The standard InChI is InChI=1S/C17H23N3O/c1-13(2)15-5-8-20(9-6-15)17(21)16-10-14(4-3-7-18)11-19-12-16/h10-13,15H,5-9,18H2,1-2H3. The predicted molar refractivity (Wildman–Crippen MR) is 83.6 cm³/mol. The minimum Gasteiger partial charge on any atom is -0.339 e. The highest BCUT2D eigenvalue weighted by atomic mass is 16.2. The molecule has 0 unspecified atom stereocenters. The van der Waals surface area contributed by atoms with Gasteiger partial charge in [-0.25, -0.2) is 0 Å². The van der Waals surface area contributed by atoms with Crippen LogP contribution >= 0.6 is 0 Å². The molecule has 1 fully saturated rings. The number of aromatic nitrogens is 1. The number of piperidine rings is 1. The van der Waals surface area contributed by atoms with E-state index in [9.17, 15) is 4.79 Å². The second kappa shape index (κ2) is 7.24. The Hall–Kier alpha value is -1.86. The second-order valence-electron chi connectivity index (χ2n) is 5.84. The molecule has 1 aromatic heterocycles. The Labute approximate surface area is 126 Å². The van der Waals surface area contributed by atoms with Crippen LogP contribution in [-0.4, -0.2) is 35.4 Å². The number of hydrogen-bond donors (Lipinski definition) is 1. The molecule has 4 nitrogen and oxygen atoms in total. The lowest BCUT2D eigenvalue weighted by atomic mass is 9.86. The minimum absolute atomic E-state index is 0.0566. The Balaban J connectivity index is 2.04. The van der Waals surface area contributed by atoms with E-state index in [1.807, 2.05) is 4.90 Å². The molecule has 0 spiro atoms. The molecule has 1 aromatic rings. The first-order chi connectivity index (χ1) is 10.1. The third-order valence-corrected chi connectivity index (χ3v) is 4.09. The number of carbonyl (C=O) groups excluding carboxylic acids is 1. The molecule has 2 N–H and O–H groups in total. The summed E-state index contributed by atoms with van der Waals surface area (Å²) >= 11 is 0. The number of pyridine rings is 1. The summed E-state index contributed by atoms with van der Waals surface area (Å²) in [5.41, 5.74) is 6.71. The minimum atomic E-state index is 0.0566. The van der Waals surface area contributed by atoms with Crippen LogP contribution in [0.5, 0.6) is 0 Å². The molecule has 0 bridgehead atoms. The summed E-state index contributed by atoms with van der Waals surface area (Å²) in [7, 11) is 0. The fourth-order valence-electron chi connectivity index (χ4n) is 2.73. The van der Waals surface area contributed by atoms with Crippen molar-refractivity contribution in [1.82, 2.24) is 9.88 Å². The van der Waals surface area contributed by atoms with Crippen molar-refractivity contribution in [3.05, 3.63) is 29.6 Å². The highest BCUT2D eigenvalue weighted by molar-refractivity contribution is 5.94. The van der Waals surface area contributed by atoms with E-state index < -0.39 is 0 Å². The van der Waals surface area contributed by atoms with Gasteiger partial charge in [0, 0.05) is 31.0 Å². The van der Waals surface area contributed by atoms with Crippen molar-refractivity contribution in [2.45, 2.75) is 26.7 Å². The molecular formula is C17H23N3O. The first-order valence-corrected chi connectivity index (χ1v) is 7.55. The van der Waals surface area contributed by atoms with Crippen LogP contribution in [0.4, 0.5) is 0 Å². The zero-order chi connectivity index (χ0) is 15.2. The molecule has 4 heteroatoms. The van der Waals surface area contributed by atoms with Gasteiger partial charge in [-0.3, -0.25) is 9.78 Å². The molecule has 21 heavy (non-hydrogen) atoms. The quantitative estimate of drug-likeness (QED) is 0.844. The van der Waals surface area contributed by atoms with E-state index in [2.05, 4.69) is 30.7 Å². The molecule has 0 aliphatic carbocycles. The molecule has 1 aliphatic heterocycles. The van der Waals surface area contributed by atoms with Crippen LogP contribution in [0.15, 0.2) is 18.5 Å². The molecule has 0 atom stereocenters. The van der Waals surface area contributed by atoms with Crippen molar-refractivity contribution in [3.63, 3.8) is 0 Å². The lowest BCUT2D eigenvalue weighted by Crippen LogP contribution is -2.39. The molecular weight excluding hydrogens is 262 g/mol. The van der Waals surface area contributed by atoms with Crippen molar-refractivity contribution in [2.75, 3.05) is 19.6 Å². The summed E-state index contributed by atoms with van der Waals surface area (Å²) in [4.78, 5) is 18.5. The number of amides is 1. The lowest BCUT2D eigenvalue weighted by molar-refractivity contribution is 0.0667. The van der Waals surface area contributed by atoms with Crippen LogP contribution < -0.4 is 5.73 Å². The number of nitrogens with two attached hydrogens (primary N) is 1. The van der Waals surface area contributed by atoms with Gasteiger partial charge in [0.05, 0.1) is 12.1 Å². The molecule has 112 valence electrons. The van der Waals surface area contributed by atoms with E-state index in [1.54, 1.807) is 18.5 Å². The van der Waals surface area contributed by atoms with Crippen molar-refractivity contribution in [1.29, 1.82) is 0 Å². The third kappa shape index (κ3) is 4.05. The largest absolute Gasteiger partial charge is 0.339 e. The summed E-state index contributed by atoms with van der Waals surface area (Å²) in [6.07, 6.45) is 5.45. The highest BCUT2D eigenvalue weighted by Crippen LogP contribution is 2.25. The normalized spacial score (nSPS) is 15.7. The molecule has 1 amide bonds. The topological polar surface area (TPSA) is 59.2 Å². The van der Waals surface area contributed by atoms with Crippen LogP contribution in [0.3, 0.4) is 0 Å². The van der Waals surface area contributed by atoms with Crippen molar-refractivity contribution in [3.8, 4) is 11.8 Å². The summed E-state index contributed by atoms with van der Waals surface area (Å²) < 4.78 is 0. The molecule has 0 radical (unpaired) electrons. The van der Waals surface area contributed by atoms with E-state index in [1.165, 1.54) is 0 Å². The monoisotopic (exact) mass is 285 g/mol. The Bertz CT molecular complexity index is 549. The van der Waals surface area contributed by atoms with Crippen LogP contribution in [0, 0.1) is 23.7 Å². The summed E-state index contributed by atoms with van der Waals surface area (Å²) in [5.74, 6) is 7.18. The Kier molecular flexibility index (Phi) is 5.35. The fourth-order valence-corrected chi connectivity index (χ4v) is 2.73. The van der Waals surface area contributed by atoms with Gasteiger partial charge in [-0.05, 0) is 30.7 Å². The van der Waals surface area contributed by atoms with E-state index in [-0.39, 0.29) is 5.91 Å². The lowest BCUT2D eigenvalue weighted by Gasteiger charge is -2.33. The first-order valence-electron chi connectivity index (χ1n) is 7.55. The second-order valence-corrected chi connectivity index (χ2v) is 5.84. The van der Waals surface area contributed by atoms with Crippen molar-refractivity contribution in [2.24, 2.45) is 17.6 Å². The van der Waals surface area contributed by atoms with Gasteiger partial charge >= 0.3 is 0 Å². The Morgan fingerprint density at radius 3 is 2.76 bits per heavy atom. The van der Waals surface area contributed by atoms with Crippen LogP contribution in [0.2, 0.25) is 0 Å². The predicted octanol–water partition coefficient (Wildman–Crippen LogP) is 1.90. The van der Waals surface area contributed by atoms with Crippen LogP contribution in [-0.2, 0) is 0 Å². The molecule has 1 aliphatic rings. The van der Waals surface area contributed by atoms with Gasteiger partial charge in [-0.2, -0.15) is 0 Å². The third-order valence-electron chi connectivity index (χ3n) is 4.09. The number of likely N-dealkylation sites (tertiary alicyclic amines) is 1. The van der Waals surface area contributed by atoms with E-state index >= 15 is 0 Å². The number of carbonyl (C=O) groups is 1.